The summed E-state index contributed by atoms with van der Waals surface area (Å²) in [6.07, 6.45) is 1.91. The minimum atomic E-state index is 0.890. The van der Waals surface area contributed by atoms with Gasteiger partial charge >= 0.3 is 0 Å². The van der Waals surface area contributed by atoms with Crippen LogP contribution in [0.3, 0.4) is 0 Å². The van der Waals surface area contributed by atoms with E-state index in [0.29, 0.717) is 0 Å². The van der Waals surface area contributed by atoms with E-state index in [-0.39, 0.29) is 0 Å². The molecule has 0 amide bonds. The number of hydrogen-bond acceptors (Lipinski definition) is 1. The van der Waals surface area contributed by atoms with Gasteiger partial charge in [0.2, 0.25) is 0 Å². The van der Waals surface area contributed by atoms with Gasteiger partial charge in [-0.15, -0.1) is 0 Å². The molecule has 0 aliphatic rings. The molecule has 0 atom stereocenters. The molecule has 78 valence electrons. The number of halogens is 1. The minimum absolute atomic E-state index is 0.890. The summed E-state index contributed by atoms with van der Waals surface area (Å²) in [4.78, 5) is 4.27. The highest BCUT2D eigenvalue weighted by Crippen LogP contribution is 2.23. The van der Waals surface area contributed by atoms with E-state index in [0.717, 1.165) is 17.0 Å². The zero-order valence-corrected chi connectivity index (χ0v) is 10.5. The number of benzene rings is 1. The maximum atomic E-state index is 4.27. The third-order valence-electron chi connectivity index (χ3n) is 2.44. The van der Waals surface area contributed by atoms with Crippen molar-refractivity contribution in [3.8, 4) is 11.3 Å². The molecular weight excluding hydrogens is 252 g/mol. The van der Waals surface area contributed by atoms with Crippen LogP contribution >= 0.6 is 15.9 Å². The van der Waals surface area contributed by atoms with Crippen molar-refractivity contribution >= 4 is 15.9 Å². The average Bonchev–Trinajstić information content (AvgIpc) is 2.59. The zero-order valence-electron chi connectivity index (χ0n) is 8.87. The lowest BCUT2D eigenvalue weighted by Crippen LogP contribution is -1.97. The third kappa shape index (κ3) is 1.97. The van der Waals surface area contributed by atoms with Gasteiger partial charge < -0.3 is 4.57 Å². The van der Waals surface area contributed by atoms with E-state index in [4.69, 9.17) is 0 Å². The van der Waals surface area contributed by atoms with Gasteiger partial charge in [0.05, 0.1) is 11.9 Å². The standard InChI is InChI=1S/C12H13BrN2/c1-3-15-11(8-14-12(15)13)10-6-4-5-9(2)7-10/h4-8H,3H2,1-2H3. The van der Waals surface area contributed by atoms with Crippen molar-refractivity contribution < 1.29 is 0 Å². The molecule has 2 nitrogen and oxygen atoms in total. The van der Waals surface area contributed by atoms with E-state index < -0.39 is 0 Å². The number of aromatic nitrogens is 2. The van der Waals surface area contributed by atoms with Gasteiger partial charge in [-0.05, 0) is 35.8 Å². The number of nitrogens with zero attached hydrogens (tertiary/aromatic N) is 2. The van der Waals surface area contributed by atoms with Crippen LogP contribution in [0, 0.1) is 6.92 Å². The van der Waals surface area contributed by atoms with Crippen molar-refractivity contribution in [3.05, 3.63) is 40.8 Å². The van der Waals surface area contributed by atoms with Crippen molar-refractivity contribution in [2.45, 2.75) is 20.4 Å². The lowest BCUT2D eigenvalue weighted by atomic mass is 10.1. The van der Waals surface area contributed by atoms with E-state index in [1.165, 1.54) is 11.1 Å². The Kier molecular flexibility index (Phi) is 2.91. The quantitative estimate of drug-likeness (QED) is 0.810. The maximum absolute atomic E-state index is 4.27. The molecule has 1 aromatic carbocycles. The monoisotopic (exact) mass is 264 g/mol. The van der Waals surface area contributed by atoms with Crippen LogP contribution < -0.4 is 0 Å². The highest BCUT2D eigenvalue weighted by molar-refractivity contribution is 9.10. The van der Waals surface area contributed by atoms with E-state index in [9.17, 15) is 0 Å². The Morgan fingerprint density at radius 1 is 1.40 bits per heavy atom. The zero-order chi connectivity index (χ0) is 10.8. The summed E-state index contributed by atoms with van der Waals surface area (Å²) in [5.41, 5.74) is 3.65. The highest BCUT2D eigenvalue weighted by Gasteiger charge is 2.07. The van der Waals surface area contributed by atoms with Gasteiger partial charge in [0.1, 0.15) is 0 Å². The summed E-state index contributed by atoms with van der Waals surface area (Å²) >= 11 is 3.44. The Morgan fingerprint density at radius 3 is 2.87 bits per heavy atom. The molecule has 1 aromatic heterocycles. The molecule has 0 bridgehead atoms. The Morgan fingerprint density at radius 2 is 2.20 bits per heavy atom. The Balaban J connectivity index is 2.54. The van der Waals surface area contributed by atoms with Crippen LogP contribution in [-0.2, 0) is 6.54 Å². The Hall–Kier alpha value is -1.09. The van der Waals surface area contributed by atoms with Crippen LogP contribution in [0.5, 0.6) is 0 Å². The van der Waals surface area contributed by atoms with Crippen molar-refractivity contribution in [1.29, 1.82) is 0 Å². The fourth-order valence-electron chi connectivity index (χ4n) is 1.69. The first kappa shape index (κ1) is 10.4. The first-order valence-corrected chi connectivity index (χ1v) is 5.79. The van der Waals surface area contributed by atoms with Crippen molar-refractivity contribution in [2.75, 3.05) is 0 Å². The molecule has 3 heteroatoms. The molecule has 0 saturated heterocycles. The molecule has 0 spiro atoms. The second-order valence-electron chi connectivity index (χ2n) is 3.53. The Labute approximate surface area is 98.1 Å². The molecule has 0 fully saturated rings. The highest BCUT2D eigenvalue weighted by atomic mass is 79.9. The number of rotatable bonds is 2. The van der Waals surface area contributed by atoms with Gasteiger partial charge in [-0.25, -0.2) is 4.98 Å². The molecule has 0 unspecified atom stereocenters. The fraction of sp³-hybridized carbons (Fsp3) is 0.250. The number of hydrogen-bond donors (Lipinski definition) is 0. The fourth-order valence-corrected chi connectivity index (χ4v) is 2.23. The molecule has 15 heavy (non-hydrogen) atoms. The maximum Gasteiger partial charge on any atom is 0.177 e. The predicted octanol–water partition coefficient (Wildman–Crippen LogP) is 3.64. The normalized spacial score (nSPS) is 10.6. The third-order valence-corrected chi connectivity index (χ3v) is 3.07. The van der Waals surface area contributed by atoms with Gasteiger partial charge in [0.15, 0.2) is 4.73 Å². The van der Waals surface area contributed by atoms with Crippen LogP contribution in [0.4, 0.5) is 0 Å². The Bertz CT molecular complexity index is 474. The summed E-state index contributed by atoms with van der Waals surface area (Å²) in [5.74, 6) is 0. The first-order chi connectivity index (χ1) is 7.22. The average molecular weight is 265 g/mol. The molecule has 1 heterocycles. The lowest BCUT2D eigenvalue weighted by Gasteiger charge is -2.06. The van der Waals surface area contributed by atoms with Crippen LogP contribution in [0.2, 0.25) is 0 Å². The van der Waals surface area contributed by atoms with Crippen LogP contribution in [0.25, 0.3) is 11.3 Å². The van der Waals surface area contributed by atoms with E-state index in [1.54, 1.807) is 0 Å². The van der Waals surface area contributed by atoms with Gasteiger partial charge in [-0.3, -0.25) is 0 Å². The second kappa shape index (κ2) is 4.19. The number of imidazole rings is 1. The van der Waals surface area contributed by atoms with Crippen molar-refractivity contribution in [3.63, 3.8) is 0 Å². The molecule has 0 aliphatic carbocycles. The molecular formula is C12H13BrN2. The van der Waals surface area contributed by atoms with Gasteiger partial charge in [-0.1, -0.05) is 23.8 Å². The molecule has 2 rings (SSSR count). The molecule has 0 saturated carbocycles. The largest absolute Gasteiger partial charge is 0.319 e. The van der Waals surface area contributed by atoms with Crippen LogP contribution in [0.15, 0.2) is 35.2 Å². The van der Waals surface area contributed by atoms with Gasteiger partial charge in [0.25, 0.3) is 0 Å². The summed E-state index contributed by atoms with van der Waals surface area (Å²) in [7, 11) is 0. The van der Waals surface area contributed by atoms with Crippen molar-refractivity contribution in [2.24, 2.45) is 0 Å². The number of aryl methyl sites for hydroxylation is 1. The van der Waals surface area contributed by atoms with E-state index >= 15 is 0 Å². The van der Waals surface area contributed by atoms with E-state index in [1.807, 2.05) is 6.20 Å². The smallest absolute Gasteiger partial charge is 0.177 e. The summed E-state index contributed by atoms with van der Waals surface area (Å²) < 4.78 is 3.04. The van der Waals surface area contributed by atoms with Gasteiger partial charge in [-0.2, -0.15) is 0 Å². The SMILES string of the molecule is CCn1c(-c2cccc(C)c2)cnc1Br. The molecule has 2 aromatic rings. The molecule has 0 radical (unpaired) electrons. The van der Waals surface area contributed by atoms with E-state index in [2.05, 4.69) is 63.6 Å². The summed E-state index contributed by atoms with van der Waals surface area (Å²) in [6, 6.07) is 8.47. The van der Waals surface area contributed by atoms with Crippen molar-refractivity contribution in [1.82, 2.24) is 9.55 Å². The van der Waals surface area contributed by atoms with Crippen LogP contribution in [0.1, 0.15) is 12.5 Å². The first-order valence-electron chi connectivity index (χ1n) is 5.00. The van der Waals surface area contributed by atoms with Crippen LogP contribution in [-0.4, -0.2) is 9.55 Å². The minimum Gasteiger partial charge on any atom is -0.319 e. The molecule has 0 N–H and O–H groups in total. The summed E-state index contributed by atoms with van der Waals surface area (Å²) in [5, 5.41) is 0. The lowest BCUT2D eigenvalue weighted by molar-refractivity contribution is 0.748. The second-order valence-corrected chi connectivity index (χ2v) is 4.24. The summed E-state index contributed by atoms with van der Waals surface area (Å²) in [6.45, 7) is 5.14. The predicted molar refractivity (Wildman–Crippen MR) is 65.8 cm³/mol. The topological polar surface area (TPSA) is 17.8 Å². The van der Waals surface area contributed by atoms with Gasteiger partial charge in [0, 0.05) is 12.1 Å². The molecule has 0 aliphatic heterocycles.